The smallest absolute Gasteiger partial charge is 0.321 e. The lowest BCUT2D eigenvalue weighted by Gasteiger charge is -2.27. The standard InChI is InChI=1S/C22H24ClN3O3/c23-19-9-8-17(26-12-10-24-22(26)29)13-18(19)21(28)25-11-4-7-16(25)14-20(27)15-5-2-1-3-6-15/h1-3,5-6,8-9,13,16,20,27H,4,7,10-12,14H2,(H,24,29). The number of likely N-dealkylation sites (tertiary alicyclic amines) is 1. The molecular formula is C22H24ClN3O3. The van der Waals surface area contributed by atoms with Crippen LogP contribution in [-0.4, -0.2) is 47.6 Å². The van der Waals surface area contributed by atoms with Gasteiger partial charge in [-0.25, -0.2) is 4.79 Å². The third-order valence-corrected chi connectivity index (χ3v) is 6.00. The van der Waals surface area contributed by atoms with Gasteiger partial charge in [-0.15, -0.1) is 0 Å². The molecule has 2 aromatic carbocycles. The van der Waals surface area contributed by atoms with Gasteiger partial charge in [0.05, 0.1) is 16.7 Å². The average Bonchev–Trinajstić information content (AvgIpc) is 3.37. The van der Waals surface area contributed by atoms with Gasteiger partial charge in [0.25, 0.3) is 5.91 Å². The maximum absolute atomic E-state index is 13.3. The Hall–Kier alpha value is -2.57. The first-order valence-electron chi connectivity index (χ1n) is 9.93. The molecule has 2 atom stereocenters. The van der Waals surface area contributed by atoms with E-state index < -0.39 is 6.10 Å². The van der Waals surface area contributed by atoms with Gasteiger partial charge in [0.2, 0.25) is 0 Å². The van der Waals surface area contributed by atoms with Crippen molar-refractivity contribution in [3.05, 3.63) is 64.7 Å². The Balaban J connectivity index is 1.53. The number of rotatable bonds is 5. The maximum Gasteiger partial charge on any atom is 0.321 e. The highest BCUT2D eigenvalue weighted by molar-refractivity contribution is 6.34. The van der Waals surface area contributed by atoms with Crippen LogP contribution in [0.25, 0.3) is 0 Å². The van der Waals surface area contributed by atoms with E-state index in [9.17, 15) is 14.7 Å². The van der Waals surface area contributed by atoms with Crippen LogP contribution in [0.15, 0.2) is 48.5 Å². The van der Waals surface area contributed by atoms with Gasteiger partial charge in [0.15, 0.2) is 0 Å². The molecule has 2 aliphatic heterocycles. The predicted octanol–water partition coefficient (Wildman–Crippen LogP) is 3.60. The second-order valence-corrected chi connectivity index (χ2v) is 7.91. The molecule has 0 saturated carbocycles. The van der Waals surface area contributed by atoms with Crippen molar-refractivity contribution in [3.8, 4) is 0 Å². The number of halogens is 1. The van der Waals surface area contributed by atoms with Gasteiger partial charge in [0.1, 0.15) is 0 Å². The normalized spacial score (nSPS) is 20.1. The topological polar surface area (TPSA) is 72.9 Å². The van der Waals surface area contributed by atoms with Crippen molar-refractivity contribution < 1.29 is 14.7 Å². The molecule has 2 fully saturated rings. The van der Waals surface area contributed by atoms with Gasteiger partial charge < -0.3 is 15.3 Å². The monoisotopic (exact) mass is 413 g/mol. The number of hydrogen-bond donors (Lipinski definition) is 2. The molecule has 29 heavy (non-hydrogen) atoms. The molecule has 2 saturated heterocycles. The Kier molecular flexibility index (Phi) is 5.74. The van der Waals surface area contributed by atoms with Gasteiger partial charge in [-0.3, -0.25) is 9.69 Å². The van der Waals surface area contributed by atoms with E-state index in [4.69, 9.17) is 11.6 Å². The first-order chi connectivity index (χ1) is 14.0. The molecule has 2 unspecified atom stereocenters. The van der Waals surface area contributed by atoms with Gasteiger partial charge in [-0.2, -0.15) is 0 Å². The Bertz CT molecular complexity index is 905. The average molecular weight is 414 g/mol. The van der Waals surface area contributed by atoms with Crippen molar-refractivity contribution >= 4 is 29.2 Å². The summed E-state index contributed by atoms with van der Waals surface area (Å²) in [5, 5.41) is 13.7. The first-order valence-corrected chi connectivity index (χ1v) is 10.3. The highest BCUT2D eigenvalue weighted by atomic mass is 35.5. The van der Waals surface area contributed by atoms with Gasteiger partial charge in [0, 0.05) is 31.4 Å². The van der Waals surface area contributed by atoms with Crippen LogP contribution < -0.4 is 10.2 Å². The van der Waals surface area contributed by atoms with E-state index in [0.29, 0.717) is 42.3 Å². The minimum Gasteiger partial charge on any atom is -0.388 e. The lowest BCUT2D eigenvalue weighted by molar-refractivity contribution is 0.0667. The molecule has 152 valence electrons. The highest BCUT2D eigenvalue weighted by Gasteiger charge is 2.33. The Morgan fingerprint density at radius 3 is 2.72 bits per heavy atom. The number of aliphatic hydroxyl groups excluding tert-OH is 1. The number of hydrogen-bond acceptors (Lipinski definition) is 3. The minimum absolute atomic E-state index is 0.0486. The highest BCUT2D eigenvalue weighted by Crippen LogP contribution is 2.31. The molecule has 0 spiro atoms. The van der Waals surface area contributed by atoms with Gasteiger partial charge in [-0.1, -0.05) is 41.9 Å². The summed E-state index contributed by atoms with van der Waals surface area (Å²) in [5.41, 5.74) is 1.91. The van der Waals surface area contributed by atoms with E-state index in [-0.39, 0.29) is 18.0 Å². The number of carbonyl (C=O) groups excluding carboxylic acids is 2. The van der Waals surface area contributed by atoms with Crippen LogP contribution >= 0.6 is 11.6 Å². The number of urea groups is 1. The number of benzene rings is 2. The summed E-state index contributed by atoms with van der Waals surface area (Å²) in [4.78, 5) is 28.7. The van der Waals surface area contributed by atoms with Gasteiger partial charge in [-0.05, 0) is 43.0 Å². The third kappa shape index (κ3) is 4.09. The number of amides is 3. The summed E-state index contributed by atoms with van der Waals surface area (Å²) >= 11 is 6.35. The third-order valence-electron chi connectivity index (χ3n) is 5.67. The predicted molar refractivity (Wildman–Crippen MR) is 112 cm³/mol. The van der Waals surface area contributed by atoms with E-state index in [1.165, 1.54) is 0 Å². The number of carbonyl (C=O) groups is 2. The molecule has 0 bridgehead atoms. The summed E-state index contributed by atoms with van der Waals surface area (Å²) in [6.07, 6.45) is 1.61. The molecule has 4 rings (SSSR count). The lowest BCUT2D eigenvalue weighted by atomic mass is 10.00. The van der Waals surface area contributed by atoms with Crippen LogP contribution in [0.5, 0.6) is 0 Å². The van der Waals surface area contributed by atoms with E-state index in [1.807, 2.05) is 30.3 Å². The molecular weight excluding hydrogens is 390 g/mol. The Labute approximate surface area is 175 Å². The van der Waals surface area contributed by atoms with E-state index in [1.54, 1.807) is 28.0 Å². The second kappa shape index (κ2) is 8.43. The van der Waals surface area contributed by atoms with Crippen molar-refractivity contribution in [3.63, 3.8) is 0 Å². The van der Waals surface area contributed by atoms with Crippen molar-refractivity contribution in [2.24, 2.45) is 0 Å². The molecule has 7 heteroatoms. The van der Waals surface area contributed by atoms with Crippen molar-refractivity contribution in [2.75, 3.05) is 24.5 Å². The van der Waals surface area contributed by atoms with E-state index >= 15 is 0 Å². The summed E-state index contributed by atoms with van der Waals surface area (Å²) in [6.45, 7) is 1.77. The molecule has 3 amide bonds. The van der Waals surface area contributed by atoms with E-state index in [2.05, 4.69) is 5.32 Å². The van der Waals surface area contributed by atoms with Crippen LogP contribution in [0.1, 0.15) is 41.3 Å². The van der Waals surface area contributed by atoms with Crippen LogP contribution in [0.2, 0.25) is 5.02 Å². The first kappa shape index (κ1) is 19.7. The molecule has 0 aromatic heterocycles. The fourth-order valence-corrected chi connectivity index (χ4v) is 4.33. The van der Waals surface area contributed by atoms with E-state index in [0.717, 1.165) is 18.4 Å². The van der Waals surface area contributed by atoms with Gasteiger partial charge >= 0.3 is 6.03 Å². The summed E-state index contributed by atoms with van der Waals surface area (Å²) in [6, 6.07) is 14.4. The summed E-state index contributed by atoms with van der Waals surface area (Å²) in [7, 11) is 0. The lowest BCUT2D eigenvalue weighted by Crippen LogP contribution is -2.37. The molecule has 6 nitrogen and oxygen atoms in total. The number of nitrogens with one attached hydrogen (secondary N) is 1. The summed E-state index contributed by atoms with van der Waals surface area (Å²) in [5.74, 6) is -0.154. The Morgan fingerprint density at radius 1 is 1.21 bits per heavy atom. The fraction of sp³-hybridized carbons (Fsp3) is 0.364. The quantitative estimate of drug-likeness (QED) is 0.786. The largest absolute Gasteiger partial charge is 0.388 e. The van der Waals surface area contributed by atoms with Crippen LogP contribution in [0.3, 0.4) is 0 Å². The SMILES string of the molecule is O=C1NCCN1c1ccc(Cl)c(C(=O)N2CCCC2CC(O)c2ccccc2)c1. The second-order valence-electron chi connectivity index (χ2n) is 7.50. The molecule has 2 N–H and O–H groups in total. The Morgan fingerprint density at radius 2 is 2.00 bits per heavy atom. The maximum atomic E-state index is 13.3. The molecule has 2 heterocycles. The minimum atomic E-state index is -0.621. The summed E-state index contributed by atoms with van der Waals surface area (Å²) < 4.78 is 0. The zero-order chi connectivity index (χ0) is 20.4. The molecule has 2 aromatic rings. The zero-order valence-corrected chi connectivity index (χ0v) is 16.8. The van der Waals surface area contributed by atoms with Crippen molar-refractivity contribution in [1.82, 2.24) is 10.2 Å². The molecule has 0 aliphatic carbocycles. The number of aliphatic hydroxyl groups is 1. The van der Waals surface area contributed by atoms with Crippen LogP contribution in [0.4, 0.5) is 10.5 Å². The molecule has 2 aliphatic rings. The fourth-order valence-electron chi connectivity index (χ4n) is 4.13. The van der Waals surface area contributed by atoms with Crippen LogP contribution in [0, 0.1) is 0 Å². The molecule has 0 radical (unpaired) electrons. The van der Waals surface area contributed by atoms with Crippen molar-refractivity contribution in [1.29, 1.82) is 0 Å². The van der Waals surface area contributed by atoms with Crippen LogP contribution in [-0.2, 0) is 0 Å². The zero-order valence-electron chi connectivity index (χ0n) is 16.1. The number of nitrogens with zero attached hydrogens (tertiary/aromatic N) is 2. The van der Waals surface area contributed by atoms with Crippen molar-refractivity contribution in [2.45, 2.75) is 31.4 Å². The number of anilines is 1.